The van der Waals surface area contributed by atoms with Gasteiger partial charge < -0.3 is 10.1 Å². The average molecular weight is 584 g/mol. The highest BCUT2D eigenvalue weighted by atomic mass is 32.3. The van der Waals surface area contributed by atoms with Crippen LogP contribution in [0.15, 0.2) is 93.8 Å². The number of aliphatic imine (C=N–C) groups is 1. The summed E-state index contributed by atoms with van der Waals surface area (Å²) in [6.45, 7) is 3.89. The third kappa shape index (κ3) is 6.01. The van der Waals surface area contributed by atoms with E-state index in [4.69, 9.17) is 4.74 Å². The molecule has 0 saturated carbocycles. The highest BCUT2D eigenvalue weighted by Gasteiger charge is 2.34. The van der Waals surface area contributed by atoms with E-state index in [2.05, 4.69) is 33.2 Å². The molecule has 2 aromatic carbocycles. The molecule has 0 amide bonds. The molecule has 1 saturated heterocycles. The number of nitrogens with one attached hydrogen (secondary N) is 2. The van der Waals surface area contributed by atoms with E-state index in [1.54, 1.807) is 19.2 Å². The van der Waals surface area contributed by atoms with Crippen LogP contribution in [-0.4, -0.2) is 50.3 Å². The van der Waals surface area contributed by atoms with Crippen LogP contribution in [0.5, 0.6) is 5.75 Å². The van der Waals surface area contributed by atoms with Crippen LogP contribution in [0.3, 0.4) is 0 Å². The molecule has 2 atom stereocenters. The first kappa shape index (κ1) is 28.1. The zero-order valence-electron chi connectivity index (χ0n) is 22.7. The molecular weight excluding hydrogens is 549 g/mol. The van der Waals surface area contributed by atoms with Crippen LogP contribution >= 0.6 is 10.0 Å². The summed E-state index contributed by atoms with van der Waals surface area (Å²) >= 11 is 0. The Balaban J connectivity index is 1.44. The van der Waals surface area contributed by atoms with E-state index in [-0.39, 0.29) is 10.8 Å². The molecule has 5 rings (SSSR count). The number of alkyl halides is 1. The molecule has 0 bridgehead atoms. The summed E-state index contributed by atoms with van der Waals surface area (Å²) in [6, 6.07) is 20.0. The van der Waals surface area contributed by atoms with Gasteiger partial charge in [-0.05, 0) is 47.6 Å². The van der Waals surface area contributed by atoms with Gasteiger partial charge in [0.05, 0.1) is 12.7 Å². The number of aromatic nitrogens is 1. The standard InChI is InChI=1S/C29H34FN5O3S2/c1-21-17-35(18-21)27(30)25-9-5-4-8-23(25)16-32-29-28(34-40(36,37)26-10-6-7-15-31-26)33-20-39(29,3)19-22-11-13-24(38-2)14-12-22/h4-15,20-21,27,32,34H,16-19H2,1-3H3. The fraction of sp³-hybridized carbons (Fsp3) is 0.310. The Bertz CT molecular complexity index is 1510. The van der Waals surface area contributed by atoms with E-state index < -0.39 is 26.3 Å². The average Bonchev–Trinajstić information content (AvgIpc) is 3.24. The van der Waals surface area contributed by atoms with Gasteiger partial charge >= 0.3 is 0 Å². The van der Waals surface area contributed by atoms with Gasteiger partial charge in [0.1, 0.15) is 10.8 Å². The number of hydrogen-bond acceptors (Lipinski definition) is 7. The van der Waals surface area contributed by atoms with Crippen molar-refractivity contribution < 1.29 is 17.5 Å². The van der Waals surface area contributed by atoms with Crippen LogP contribution < -0.4 is 14.8 Å². The second-order valence-electron chi connectivity index (χ2n) is 10.3. The maximum absolute atomic E-state index is 15.5. The molecule has 40 heavy (non-hydrogen) atoms. The molecule has 2 unspecified atom stereocenters. The summed E-state index contributed by atoms with van der Waals surface area (Å²) in [5.41, 5.74) is 4.33. The molecule has 2 aliphatic heterocycles. The number of halogens is 1. The van der Waals surface area contributed by atoms with E-state index in [9.17, 15) is 8.42 Å². The van der Waals surface area contributed by atoms with Crippen LogP contribution in [0.1, 0.15) is 29.9 Å². The Hall–Kier alpha value is -3.41. The minimum absolute atomic E-state index is 0.0924. The van der Waals surface area contributed by atoms with Crippen molar-refractivity contribution >= 4 is 25.6 Å². The Morgan fingerprint density at radius 1 is 1.10 bits per heavy atom. The van der Waals surface area contributed by atoms with E-state index in [0.717, 1.165) is 30.0 Å². The summed E-state index contributed by atoms with van der Waals surface area (Å²) in [5.74, 6) is 2.11. The zero-order valence-corrected chi connectivity index (χ0v) is 24.4. The van der Waals surface area contributed by atoms with Crippen molar-refractivity contribution in [1.29, 1.82) is 0 Å². The molecule has 0 aliphatic carbocycles. The summed E-state index contributed by atoms with van der Waals surface area (Å²) in [6.07, 6.45) is 2.32. The molecule has 0 radical (unpaired) electrons. The fourth-order valence-corrected chi connectivity index (χ4v) is 8.45. The number of pyridine rings is 1. The van der Waals surface area contributed by atoms with E-state index in [1.807, 2.05) is 59.0 Å². The van der Waals surface area contributed by atoms with E-state index in [1.165, 1.54) is 12.3 Å². The lowest BCUT2D eigenvalue weighted by molar-refractivity contribution is -0.00898. The highest BCUT2D eigenvalue weighted by Crippen LogP contribution is 2.56. The van der Waals surface area contributed by atoms with Crippen LogP contribution in [0.2, 0.25) is 0 Å². The summed E-state index contributed by atoms with van der Waals surface area (Å²) < 4.78 is 49.7. The topological polar surface area (TPSA) is 95.9 Å². The number of rotatable bonds is 11. The predicted molar refractivity (Wildman–Crippen MR) is 158 cm³/mol. The first-order chi connectivity index (χ1) is 19.2. The molecule has 2 aliphatic rings. The smallest absolute Gasteiger partial charge is 0.280 e. The number of hydrogen-bond donors (Lipinski definition) is 2. The predicted octanol–water partition coefficient (Wildman–Crippen LogP) is 4.88. The van der Waals surface area contributed by atoms with Crippen molar-refractivity contribution in [2.24, 2.45) is 10.9 Å². The Kier molecular flexibility index (Phi) is 8.16. The summed E-state index contributed by atoms with van der Waals surface area (Å²) in [5, 5.41) is 4.06. The van der Waals surface area contributed by atoms with Gasteiger partial charge in [-0.3, -0.25) is 9.62 Å². The Labute approximate surface area is 236 Å². The molecule has 1 fully saturated rings. The van der Waals surface area contributed by atoms with E-state index in [0.29, 0.717) is 28.8 Å². The number of sulfonamides is 1. The summed E-state index contributed by atoms with van der Waals surface area (Å²) in [4.78, 5) is 10.4. The monoisotopic (exact) mass is 583 g/mol. The lowest BCUT2D eigenvalue weighted by atomic mass is 9.99. The third-order valence-electron chi connectivity index (χ3n) is 7.03. The SMILES string of the molecule is COc1ccc(CS2(C)C=NC(NS(=O)(=O)c3ccccn3)=C2NCc2ccccc2C(F)N2CC(C)C2)cc1. The number of ether oxygens (including phenoxy) is 1. The second-order valence-corrected chi connectivity index (χ2v) is 15.1. The Morgan fingerprint density at radius 3 is 2.50 bits per heavy atom. The largest absolute Gasteiger partial charge is 0.497 e. The first-order valence-electron chi connectivity index (χ1n) is 13.0. The fourth-order valence-electron chi connectivity index (χ4n) is 4.92. The minimum atomic E-state index is -3.97. The van der Waals surface area contributed by atoms with E-state index >= 15 is 4.39 Å². The lowest BCUT2D eigenvalue weighted by Gasteiger charge is -2.40. The van der Waals surface area contributed by atoms with Crippen molar-refractivity contribution in [3.8, 4) is 5.75 Å². The maximum Gasteiger partial charge on any atom is 0.280 e. The van der Waals surface area contributed by atoms with Gasteiger partial charge in [0.2, 0.25) is 0 Å². The maximum atomic E-state index is 15.5. The van der Waals surface area contributed by atoms with Gasteiger partial charge in [-0.15, -0.1) is 0 Å². The van der Waals surface area contributed by atoms with Crippen molar-refractivity contribution in [1.82, 2.24) is 19.9 Å². The zero-order chi connectivity index (χ0) is 28.3. The first-order valence-corrected chi connectivity index (χ1v) is 16.8. The van der Waals surface area contributed by atoms with Gasteiger partial charge in [0.15, 0.2) is 17.1 Å². The third-order valence-corrected chi connectivity index (χ3v) is 11.1. The Morgan fingerprint density at radius 2 is 1.82 bits per heavy atom. The van der Waals surface area contributed by atoms with Crippen LogP contribution in [0.25, 0.3) is 0 Å². The van der Waals surface area contributed by atoms with Crippen molar-refractivity contribution in [2.75, 3.05) is 26.5 Å². The molecule has 212 valence electrons. The van der Waals surface area contributed by atoms with Crippen molar-refractivity contribution in [2.45, 2.75) is 30.5 Å². The molecule has 8 nitrogen and oxygen atoms in total. The van der Waals surface area contributed by atoms with Gasteiger partial charge in [-0.2, -0.15) is 18.4 Å². The van der Waals surface area contributed by atoms with Crippen LogP contribution in [0.4, 0.5) is 4.39 Å². The highest BCUT2D eigenvalue weighted by molar-refractivity contribution is 8.46. The molecule has 11 heteroatoms. The van der Waals surface area contributed by atoms with Gasteiger partial charge in [-0.25, -0.2) is 14.4 Å². The molecule has 3 aromatic rings. The molecule has 2 N–H and O–H groups in total. The quantitative estimate of drug-likeness (QED) is 0.313. The minimum Gasteiger partial charge on any atom is -0.497 e. The lowest BCUT2D eigenvalue weighted by Crippen LogP contribution is -2.46. The van der Waals surface area contributed by atoms with Crippen molar-refractivity contribution in [3.63, 3.8) is 0 Å². The molecule has 1 aromatic heterocycles. The molecular formula is C29H34FN5O3S2. The second kappa shape index (κ2) is 11.6. The van der Waals surface area contributed by atoms with Gasteiger partial charge in [0, 0.05) is 37.1 Å². The number of likely N-dealkylation sites (tertiary alicyclic amines) is 1. The molecule has 3 heterocycles. The number of benzene rings is 2. The summed E-state index contributed by atoms with van der Waals surface area (Å²) in [7, 11) is -4.10. The number of methoxy groups -OCH3 is 1. The molecule has 0 spiro atoms. The van der Waals surface area contributed by atoms with Gasteiger partial charge in [-0.1, -0.05) is 49.4 Å². The van der Waals surface area contributed by atoms with Crippen LogP contribution in [0, 0.1) is 5.92 Å². The van der Waals surface area contributed by atoms with Crippen molar-refractivity contribution in [3.05, 3.63) is 100 Å². The van der Waals surface area contributed by atoms with Crippen LogP contribution in [-0.2, 0) is 22.3 Å². The van der Waals surface area contributed by atoms with Gasteiger partial charge in [0.25, 0.3) is 10.0 Å². The normalized spacial score (nSPS) is 21.9. The number of nitrogens with zero attached hydrogens (tertiary/aromatic N) is 3.